The zero-order valence-electron chi connectivity index (χ0n) is 11.8. The maximum absolute atomic E-state index is 12.1. The van der Waals surface area contributed by atoms with Gasteiger partial charge in [0.1, 0.15) is 0 Å². The molecule has 108 valence electrons. The van der Waals surface area contributed by atoms with Crippen LogP contribution in [0.5, 0.6) is 0 Å². The molecule has 1 aromatic rings. The minimum Gasteiger partial charge on any atom is -0.326 e. The predicted molar refractivity (Wildman–Crippen MR) is 76.0 cm³/mol. The van der Waals surface area contributed by atoms with Crippen molar-refractivity contribution in [3.05, 3.63) is 23.9 Å². The molecule has 0 amide bonds. The lowest BCUT2D eigenvalue weighted by Crippen LogP contribution is -2.33. The third-order valence-corrected chi connectivity index (χ3v) is 4.35. The molecule has 1 heterocycles. The van der Waals surface area contributed by atoms with Gasteiger partial charge in [-0.25, -0.2) is 18.1 Å². The molecule has 0 saturated carbocycles. The van der Waals surface area contributed by atoms with E-state index in [-0.39, 0.29) is 11.1 Å². The van der Waals surface area contributed by atoms with Crippen molar-refractivity contribution < 1.29 is 8.42 Å². The topological polar surface area (TPSA) is 85.1 Å². The monoisotopic (exact) mass is 285 g/mol. The van der Waals surface area contributed by atoms with Gasteiger partial charge in [0.25, 0.3) is 10.0 Å². The Morgan fingerprint density at radius 1 is 1.26 bits per heavy atom. The van der Waals surface area contributed by atoms with Crippen molar-refractivity contribution in [3.8, 4) is 0 Å². The fourth-order valence-electron chi connectivity index (χ4n) is 1.66. The summed E-state index contributed by atoms with van der Waals surface area (Å²) in [7, 11) is -3.53. The summed E-state index contributed by atoms with van der Waals surface area (Å²) in [6.07, 6.45) is 3.30. The lowest BCUT2D eigenvalue weighted by molar-refractivity contribution is 0.484. The van der Waals surface area contributed by atoms with Crippen molar-refractivity contribution in [3.63, 3.8) is 0 Å². The van der Waals surface area contributed by atoms with Crippen LogP contribution in [0.1, 0.15) is 39.2 Å². The van der Waals surface area contributed by atoms with E-state index in [1.54, 1.807) is 6.07 Å². The van der Waals surface area contributed by atoms with Crippen LogP contribution in [0, 0.1) is 5.92 Å². The Bertz CT molecular complexity index is 483. The molecule has 0 aliphatic rings. The normalized spacial score (nSPS) is 13.7. The van der Waals surface area contributed by atoms with Crippen molar-refractivity contribution >= 4 is 10.0 Å². The first kappa shape index (κ1) is 16.1. The molecule has 0 bridgehead atoms. The quantitative estimate of drug-likeness (QED) is 0.797. The summed E-state index contributed by atoms with van der Waals surface area (Å²) in [5.74, 6) is 0.564. The van der Waals surface area contributed by atoms with E-state index in [1.807, 2.05) is 6.92 Å². The van der Waals surface area contributed by atoms with Gasteiger partial charge in [0, 0.05) is 18.8 Å². The second-order valence-corrected chi connectivity index (χ2v) is 6.86. The Hall–Kier alpha value is -0.980. The average Bonchev–Trinajstić information content (AvgIpc) is 2.36. The SMILES string of the molecule is CC(C)CCC(C)NS(=O)(=O)c1ccc(CN)cn1. The number of nitrogens with two attached hydrogens (primary N) is 1. The smallest absolute Gasteiger partial charge is 0.258 e. The Labute approximate surface area is 115 Å². The highest BCUT2D eigenvalue weighted by molar-refractivity contribution is 7.89. The summed E-state index contributed by atoms with van der Waals surface area (Å²) >= 11 is 0. The summed E-state index contributed by atoms with van der Waals surface area (Å²) in [5.41, 5.74) is 6.26. The minimum atomic E-state index is -3.53. The van der Waals surface area contributed by atoms with Gasteiger partial charge in [-0.3, -0.25) is 0 Å². The van der Waals surface area contributed by atoms with Gasteiger partial charge in [-0.1, -0.05) is 19.9 Å². The first-order valence-electron chi connectivity index (χ1n) is 6.52. The number of aromatic nitrogens is 1. The number of nitrogens with one attached hydrogen (secondary N) is 1. The predicted octanol–water partition coefficient (Wildman–Crippen LogP) is 1.64. The van der Waals surface area contributed by atoms with Gasteiger partial charge >= 0.3 is 0 Å². The van der Waals surface area contributed by atoms with E-state index >= 15 is 0 Å². The number of nitrogens with zero attached hydrogens (tertiary/aromatic N) is 1. The van der Waals surface area contributed by atoms with Gasteiger partial charge in [0.05, 0.1) is 0 Å². The van der Waals surface area contributed by atoms with Crippen LogP contribution >= 0.6 is 0 Å². The van der Waals surface area contributed by atoms with E-state index in [0.29, 0.717) is 12.5 Å². The molecule has 0 aliphatic carbocycles. The highest BCUT2D eigenvalue weighted by atomic mass is 32.2. The molecule has 5 nitrogen and oxygen atoms in total. The van der Waals surface area contributed by atoms with Crippen LogP contribution in [-0.4, -0.2) is 19.4 Å². The van der Waals surface area contributed by atoms with Crippen LogP contribution in [-0.2, 0) is 16.6 Å². The van der Waals surface area contributed by atoms with E-state index in [0.717, 1.165) is 18.4 Å². The molecule has 0 saturated heterocycles. The lowest BCUT2D eigenvalue weighted by Gasteiger charge is -2.15. The first-order chi connectivity index (χ1) is 8.85. The van der Waals surface area contributed by atoms with E-state index in [2.05, 4.69) is 23.6 Å². The van der Waals surface area contributed by atoms with Gasteiger partial charge in [0.2, 0.25) is 0 Å². The summed E-state index contributed by atoms with van der Waals surface area (Å²) in [5, 5.41) is 0.0427. The van der Waals surface area contributed by atoms with Crippen LogP contribution < -0.4 is 10.5 Å². The first-order valence-corrected chi connectivity index (χ1v) is 8.00. The highest BCUT2D eigenvalue weighted by Crippen LogP contribution is 2.11. The molecule has 0 radical (unpaired) electrons. The molecule has 0 spiro atoms. The largest absolute Gasteiger partial charge is 0.326 e. The molecule has 1 unspecified atom stereocenters. The maximum atomic E-state index is 12.1. The number of pyridine rings is 1. The fourth-order valence-corrected chi connectivity index (χ4v) is 2.87. The van der Waals surface area contributed by atoms with E-state index < -0.39 is 10.0 Å². The van der Waals surface area contributed by atoms with E-state index in [4.69, 9.17) is 5.73 Å². The summed E-state index contributed by atoms with van der Waals surface area (Å²) in [6.45, 7) is 6.46. The van der Waals surface area contributed by atoms with Crippen molar-refractivity contribution in [2.24, 2.45) is 11.7 Å². The van der Waals surface area contributed by atoms with Gasteiger partial charge in [-0.15, -0.1) is 0 Å². The summed E-state index contributed by atoms with van der Waals surface area (Å²) in [6, 6.07) is 3.07. The van der Waals surface area contributed by atoms with Crippen molar-refractivity contribution in [1.29, 1.82) is 0 Å². The summed E-state index contributed by atoms with van der Waals surface area (Å²) in [4.78, 5) is 3.94. The average molecular weight is 285 g/mol. The Balaban J connectivity index is 2.69. The number of hydrogen-bond donors (Lipinski definition) is 2. The van der Waals surface area contributed by atoms with Gasteiger partial charge in [0.15, 0.2) is 5.03 Å². The Morgan fingerprint density at radius 3 is 2.42 bits per heavy atom. The van der Waals surface area contributed by atoms with Gasteiger partial charge in [-0.05, 0) is 37.3 Å². The van der Waals surface area contributed by atoms with Crippen LogP contribution in [0.2, 0.25) is 0 Å². The number of rotatable bonds is 7. The second-order valence-electron chi connectivity index (χ2n) is 5.20. The van der Waals surface area contributed by atoms with Crippen LogP contribution in [0.15, 0.2) is 23.4 Å². The third kappa shape index (κ3) is 5.26. The molecule has 3 N–H and O–H groups in total. The second kappa shape index (κ2) is 6.98. The standard InChI is InChI=1S/C13H23N3O2S/c1-10(2)4-5-11(3)16-19(17,18)13-7-6-12(8-14)9-15-13/h6-7,9-11,16H,4-5,8,14H2,1-3H3. The molecular formula is C13H23N3O2S. The molecule has 0 aromatic carbocycles. The molecular weight excluding hydrogens is 262 g/mol. The maximum Gasteiger partial charge on any atom is 0.258 e. The van der Waals surface area contributed by atoms with E-state index in [9.17, 15) is 8.42 Å². The highest BCUT2D eigenvalue weighted by Gasteiger charge is 2.18. The third-order valence-electron chi connectivity index (χ3n) is 2.84. The molecule has 6 heteroatoms. The van der Waals surface area contributed by atoms with Crippen LogP contribution in [0.3, 0.4) is 0 Å². The lowest BCUT2D eigenvalue weighted by atomic mass is 10.1. The molecule has 1 atom stereocenters. The van der Waals surface area contributed by atoms with Crippen molar-refractivity contribution in [2.45, 2.75) is 51.2 Å². The Kier molecular flexibility index (Phi) is 5.90. The van der Waals surface area contributed by atoms with Crippen LogP contribution in [0.4, 0.5) is 0 Å². The zero-order valence-corrected chi connectivity index (χ0v) is 12.6. The van der Waals surface area contributed by atoms with Crippen molar-refractivity contribution in [2.75, 3.05) is 0 Å². The number of hydrogen-bond acceptors (Lipinski definition) is 4. The van der Waals surface area contributed by atoms with Crippen molar-refractivity contribution in [1.82, 2.24) is 9.71 Å². The molecule has 1 aromatic heterocycles. The molecule has 1 rings (SSSR count). The molecule has 19 heavy (non-hydrogen) atoms. The molecule has 0 aliphatic heterocycles. The minimum absolute atomic E-state index is 0.0427. The Morgan fingerprint density at radius 2 is 1.95 bits per heavy atom. The fraction of sp³-hybridized carbons (Fsp3) is 0.615. The zero-order chi connectivity index (χ0) is 14.5. The van der Waals surface area contributed by atoms with Gasteiger partial charge < -0.3 is 5.73 Å². The number of sulfonamides is 1. The van der Waals surface area contributed by atoms with E-state index in [1.165, 1.54) is 12.3 Å². The van der Waals surface area contributed by atoms with Gasteiger partial charge in [-0.2, -0.15) is 0 Å². The van der Waals surface area contributed by atoms with Crippen LogP contribution in [0.25, 0.3) is 0 Å². The molecule has 0 fully saturated rings. The summed E-state index contributed by atoms with van der Waals surface area (Å²) < 4.78 is 26.8.